The summed E-state index contributed by atoms with van der Waals surface area (Å²) in [5, 5.41) is 9.26. The number of nitrogens with zero attached hydrogens (tertiary/aromatic N) is 2. The first-order chi connectivity index (χ1) is 13.4. The van der Waals surface area contributed by atoms with E-state index in [1.54, 1.807) is 7.05 Å². The van der Waals surface area contributed by atoms with Crippen LogP contribution in [0.4, 0.5) is 4.79 Å². The fourth-order valence-electron chi connectivity index (χ4n) is 2.61. The van der Waals surface area contributed by atoms with Gasteiger partial charge in [0.1, 0.15) is 11.4 Å². The van der Waals surface area contributed by atoms with Gasteiger partial charge in [0.2, 0.25) is 0 Å². The molecule has 0 atom stereocenters. The molecule has 0 aliphatic carbocycles. The number of benzene rings is 1. The topological polar surface area (TPSA) is 103 Å². The minimum absolute atomic E-state index is 0. The summed E-state index contributed by atoms with van der Waals surface area (Å²) in [7, 11) is 1.74. The third-order valence-corrected chi connectivity index (χ3v) is 3.86. The van der Waals surface area contributed by atoms with Gasteiger partial charge in [0, 0.05) is 33.1 Å². The average Bonchev–Trinajstić information content (AvgIpc) is 3.04. The molecule has 1 amide bonds. The van der Waals surface area contributed by atoms with Crippen LogP contribution in [0.25, 0.3) is 11.0 Å². The van der Waals surface area contributed by atoms with Crippen molar-refractivity contribution in [1.82, 2.24) is 25.9 Å². The summed E-state index contributed by atoms with van der Waals surface area (Å²) >= 11 is 0. The van der Waals surface area contributed by atoms with Crippen LogP contribution in [0.1, 0.15) is 39.4 Å². The highest BCUT2D eigenvalue weighted by Gasteiger charge is 2.15. The predicted molar refractivity (Wildman–Crippen MR) is 128 cm³/mol. The Kier molecular flexibility index (Phi) is 10.8. The Hall–Kier alpha value is -2.04. The summed E-state index contributed by atoms with van der Waals surface area (Å²) in [5.74, 6) is 1.75. The molecular weight excluding hydrogens is 483 g/mol. The van der Waals surface area contributed by atoms with Gasteiger partial charge in [-0.25, -0.2) is 9.78 Å². The average molecular weight is 516 g/mol. The van der Waals surface area contributed by atoms with E-state index in [0.717, 1.165) is 48.6 Å². The number of amides is 1. The number of H-pyrrole nitrogens is 1. The van der Waals surface area contributed by atoms with E-state index in [4.69, 9.17) is 4.74 Å². The normalized spacial score (nSPS) is 11.7. The Labute approximate surface area is 189 Å². The minimum Gasteiger partial charge on any atom is -0.444 e. The van der Waals surface area contributed by atoms with E-state index in [1.807, 2.05) is 45.0 Å². The molecule has 8 nitrogen and oxygen atoms in total. The quantitative estimate of drug-likeness (QED) is 0.187. The van der Waals surface area contributed by atoms with Crippen molar-refractivity contribution >= 4 is 47.1 Å². The molecule has 0 radical (unpaired) electrons. The number of para-hydroxylation sites is 2. The van der Waals surface area contributed by atoms with Crippen molar-refractivity contribution in [1.29, 1.82) is 0 Å². The monoisotopic (exact) mass is 516 g/mol. The third kappa shape index (κ3) is 9.82. The highest BCUT2D eigenvalue weighted by Crippen LogP contribution is 2.11. The Morgan fingerprint density at radius 2 is 1.76 bits per heavy atom. The van der Waals surface area contributed by atoms with Crippen molar-refractivity contribution in [2.45, 2.75) is 45.6 Å². The van der Waals surface area contributed by atoms with Gasteiger partial charge < -0.3 is 25.7 Å². The molecule has 0 spiro atoms. The summed E-state index contributed by atoms with van der Waals surface area (Å²) < 4.78 is 5.19. The number of nitrogens with one attached hydrogen (secondary N) is 4. The number of aliphatic imine (C=N–C) groups is 1. The number of alkyl carbamates (subject to hydrolysis) is 1. The van der Waals surface area contributed by atoms with Gasteiger partial charge in [-0.05, 0) is 45.7 Å². The first-order valence-corrected chi connectivity index (χ1v) is 9.72. The van der Waals surface area contributed by atoms with Crippen LogP contribution in [0.3, 0.4) is 0 Å². The second-order valence-corrected chi connectivity index (χ2v) is 7.51. The van der Waals surface area contributed by atoms with E-state index >= 15 is 0 Å². The summed E-state index contributed by atoms with van der Waals surface area (Å²) in [6.45, 7) is 7.59. The van der Waals surface area contributed by atoms with Crippen molar-refractivity contribution in [2.24, 2.45) is 4.99 Å². The Morgan fingerprint density at radius 3 is 2.41 bits per heavy atom. The Balaban J connectivity index is 0.00000420. The number of ether oxygens (including phenoxy) is 1. The number of fused-ring (bicyclic) bond motifs is 1. The molecule has 2 rings (SSSR count). The fraction of sp³-hybridized carbons (Fsp3) is 0.550. The van der Waals surface area contributed by atoms with Crippen LogP contribution in [-0.2, 0) is 11.2 Å². The number of aromatic amines is 1. The molecule has 0 aliphatic rings. The lowest BCUT2D eigenvalue weighted by atomic mass is 10.2. The van der Waals surface area contributed by atoms with Gasteiger partial charge in [-0.1, -0.05) is 12.1 Å². The maximum atomic E-state index is 11.6. The zero-order valence-corrected chi connectivity index (χ0v) is 20.0. The van der Waals surface area contributed by atoms with Gasteiger partial charge in [0.25, 0.3) is 0 Å². The number of aromatic nitrogens is 2. The number of carbonyl (C=O) groups is 1. The van der Waals surface area contributed by atoms with Crippen molar-refractivity contribution in [3.05, 3.63) is 30.1 Å². The van der Waals surface area contributed by atoms with Gasteiger partial charge in [-0.2, -0.15) is 0 Å². The van der Waals surface area contributed by atoms with Crippen molar-refractivity contribution in [2.75, 3.05) is 26.7 Å². The number of guanidine groups is 1. The van der Waals surface area contributed by atoms with Crippen molar-refractivity contribution in [3.8, 4) is 0 Å². The number of hydrogen-bond acceptors (Lipinski definition) is 4. The molecule has 9 heteroatoms. The first kappa shape index (κ1) is 25.0. The lowest BCUT2D eigenvalue weighted by molar-refractivity contribution is 0.0527. The molecule has 29 heavy (non-hydrogen) atoms. The van der Waals surface area contributed by atoms with Gasteiger partial charge in [-0.15, -0.1) is 24.0 Å². The summed E-state index contributed by atoms with van der Waals surface area (Å²) in [4.78, 5) is 23.7. The SMILES string of the molecule is CN=C(NCCCNC(=O)OC(C)(C)C)NCCCc1nc2ccccc2[nH]1.I. The van der Waals surface area contributed by atoms with Crippen LogP contribution in [0.2, 0.25) is 0 Å². The molecule has 0 bridgehead atoms. The van der Waals surface area contributed by atoms with E-state index in [1.165, 1.54) is 0 Å². The standard InChI is InChI=1S/C20H32N6O2.HI/c1-20(2,3)28-19(27)24-14-8-13-23-18(21-4)22-12-7-11-17-25-15-9-5-6-10-16(15)26-17;/h5-6,9-10H,7-8,11-14H2,1-4H3,(H,24,27)(H,25,26)(H2,21,22,23);1H. The maximum Gasteiger partial charge on any atom is 0.407 e. The molecule has 162 valence electrons. The molecule has 1 aromatic carbocycles. The van der Waals surface area contributed by atoms with Crippen LogP contribution in [0, 0.1) is 0 Å². The fourth-order valence-corrected chi connectivity index (χ4v) is 2.61. The Bertz CT molecular complexity index is 752. The van der Waals surface area contributed by atoms with Gasteiger partial charge in [0.05, 0.1) is 11.0 Å². The van der Waals surface area contributed by atoms with E-state index in [2.05, 4.69) is 30.9 Å². The number of aryl methyl sites for hydroxylation is 1. The Morgan fingerprint density at radius 1 is 1.10 bits per heavy atom. The van der Waals surface area contributed by atoms with Gasteiger partial charge >= 0.3 is 6.09 Å². The van der Waals surface area contributed by atoms with Crippen molar-refractivity contribution < 1.29 is 9.53 Å². The molecule has 4 N–H and O–H groups in total. The number of hydrogen-bond donors (Lipinski definition) is 4. The lowest BCUT2D eigenvalue weighted by Crippen LogP contribution is -2.39. The minimum atomic E-state index is -0.476. The van der Waals surface area contributed by atoms with Crippen LogP contribution < -0.4 is 16.0 Å². The smallest absolute Gasteiger partial charge is 0.407 e. The van der Waals surface area contributed by atoms with E-state index < -0.39 is 5.60 Å². The molecule has 1 aromatic heterocycles. The number of carbonyl (C=O) groups excluding carboxylic acids is 1. The summed E-state index contributed by atoms with van der Waals surface area (Å²) in [5.41, 5.74) is 1.60. The second-order valence-electron chi connectivity index (χ2n) is 7.51. The molecule has 1 heterocycles. The molecule has 0 aliphatic heterocycles. The molecule has 2 aromatic rings. The highest BCUT2D eigenvalue weighted by molar-refractivity contribution is 14.0. The summed E-state index contributed by atoms with van der Waals surface area (Å²) in [6, 6.07) is 8.04. The van der Waals surface area contributed by atoms with Crippen LogP contribution in [0.5, 0.6) is 0 Å². The number of rotatable bonds is 8. The van der Waals surface area contributed by atoms with E-state index in [0.29, 0.717) is 13.1 Å². The summed E-state index contributed by atoms with van der Waals surface area (Å²) in [6.07, 6.45) is 2.21. The third-order valence-electron chi connectivity index (χ3n) is 3.86. The zero-order chi connectivity index (χ0) is 20.4. The van der Waals surface area contributed by atoms with Gasteiger partial charge in [0.15, 0.2) is 5.96 Å². The highest BCUT2D eigenvalue weighted by atomic mass is 127. The van der Waals surface area contributed by atoms with Crippen LogP contribution >= 0.6 is 24.0 Å². The van der Waals surface area contributed by atoms with Crippen LogP contribution in [-0.4, -0.2) is 54.3 Å². The van der Waals surface area contributed by atoms with Crippen molar-refractivity contribution in [3.63, 3.8) is 0 Å². The molecule has 0 saturated heterocycles. The second kappa shape index (κ2) is 12.5. The number of halogens is 1. The first-order valence-electron chi connectivity index (χ1n) is 9.72. The van der Waals surface area contributed by atoms with Crippen LogP contribution in [0.15, 0.2) is 29.3 Å². The number of imidazole rings is 1. The van der Waals surface area contributed by atoms with E-state index in [-0.39, 0.29) is 30.1 Å². The zero-order valence-electron chi connectivity index (χ0n) is 17.7. The predicted octanol–water partition coefficient (Wildman–Crippen LogP) is 3.19. The maximum absolute atomic E-state index is 11.6. The molecule has 0 saturated carbocycles. The molecular formula is C20H33IN6O2. The molecule has 0 unspecified atom stereocenters. The lowest BCUT2D eigenvalue weighted by Gasteiger charge is -2.19. The largest absolute Gasteiger partial charge is 0.444 e. The van der Waals surface area contributed by atoms with Gasteiger partial charge in [-0.3, -0.25) is 4.99 Å². The van der Waals surface area contributed by atoms with E-state index in [9.17, 15) is 4.79 Å². The molecule has 0 fully saturated rings.